The minimum Gasteiger partial charge on any atom is -0.493 e. The first-order valence-electron chi connectivity index (χ1n) is 7.05. The molecule has 0 amide bonds. The van der Waals surface area contributed by atoms with Gasteiger partial charge in [-0.3, -0.25) is 0 Å². The Bertz CT molecular complexity index is 384. The maximum absolute atomic E-state index is 8.59. The van der Waals surface area contributed by atoms with E-state index >= 15 is 0 Å². The monoisotopic (exact) mass is 263 g/mol. The van der Waals surface area contributed by atoms with Gasteiger partial charge in [0.1, 0.15) is 5.75 Å². The number of rotatable bonds is 8. The van der Waals surface area contributed by atoms with Crippen molar-refractivity contribution in [3.63, 3.8) is 0 Å². The van der Waals surface area contributed by atoms with Crippen LogP contribution in [0.15, 0.2) is 29.4 Å². The fraction of sp³-hybridized carbons (Fsp3) is 0.562. The Morgan fingerprint density at radius 3 is 2.58 bits per heavy atom. The van der Waals surface area contributed by atoms with E-state index in [0.29, 0.717) is 5.92 Å². The van der Waals surface area contributed by atoms with Crippen molar-refractivity contribution < 1.29 is 9.94 Å². The molecule has 0 saturated carbocycles. The molecule has 0 aliphatic carbocycles. The summed E-state index contributed by atoms with van der Waals surface area (Å²) in [5.41, 5.74) is 1.99. The number of aryl methyl sites for hydroxylation is 1. The summed E-state index contributed by atoms with van der Waals surface area (Å²) in [6.07, 6.45) is 4.08. The fourth-order valence-electron chi connectivity index (χ4n) is 1.94. The van der Waals surface area contributed by atoms with Crippen LogP contribution in [0, 0.1) is 5.92 Å². The second-order valence-corrected chi connectivity index (χ2v) is 5.18. The average Bonchev–Trinajstić information content (AvgIpc) is 2.44. The molecular formula is C16H25NO2. The van der Waals surface area contributed by atoms with Gasteiger partial charge in [-0.25, -0.2) is 0 Å². The van der Waals surface area contributed by atoms with Gasteiger partial charge in [0.15, 0.2) is 0 Å². The first kappa shape index (κ1) is 15.5. The first-order chi connectivity index (χ1) is 9.15. The smallest absolute Gasteiger partial charge is 0.119 e. The van der Waals surface area contributed by atoms with Crippen LogP contribution in [-0.4, -0.2) is 17.5 Å². The van der Waals surface area contributed by atoms with Crippen molar-refractivity contribution in [3.05, 3.63) is 29.8 Å². The number of hydrogen-bond acceptors (Lipinski definition) is 3. The predicted octanol–water partition coefficient (Wildman–Crippen LogP) is 4.28. The maximum Gasteiger partial charge on any atom is 0.119 e. The average molecular weight is 263 g/mol. The van der Waals surface area contributed by atoms with Gasteiger partial charge >= 0.3 is 0 Å². The van der Waals surface area contributed by atoms with Crippen LogP contribution < -0.4 is 4.74 Å². The third-order valence-electron chi connectivity index (χ3n) is 3.19. The third-order valence-corrected chi connectivity index (χ3v) is 3.19. The van der Waals surface area contributed by atoms with Crippen LogP contribution in [0.4, 0.5) is 0 Å². The van der Waals surface area contributed by atoms with E-state index < -0.39 is 0 Å². The van der Waals surface area contributed by atoms with E-state index in [9.17, 15) is 0 Å². The highest BCUT2D eigenvalue weighted by Gasteiger charge is 2.02. The van der Waals surface area contributed by atoms with Crippen molar-refractivity contribution in [2.45, 2.75) is 46.5 Å². The second-order valence-electron chi connectivity index (χ2n) is 5.18. The fourth-order valence-corrected chi connectivity index (χ4v) is 1.94. The van der Waals surface area contributed by atoms with Crippen molar-refractivity contribution in [1.29, 1.82) is 0 Å². The summed E-state index contributed by atoms with van der Waals surface area (Å²) in [7, 11) is 0. The van der Waals surface area contributed by atoms with E-state index in [0.717, 1.165) is 30.9 Å². The van der Waals surface area contributed by atoms with Crippen LogP contribution in [-0.2, 0) is 6.42 Å². The molecule has 1 aromatic rings. The van der Waals surface area contributed by atoms with Gasteiger partial charge in [0.25, 0.3) is 0 Å². The maximum atomic E-state index is 8.59. The van der Waals surface area contributed by atoms with Crippen molar-refractivity contribution in [1.82, 2.24) is 0 Å². The number of nitrogens with zero attached hydrogens (tertiary/aromatic N) is 1. The molecule has 106 valence electrons. The molecule has 0 aliphatic rings. The van der Waals surface area contributed by atoms with E-state index in [1.165, 1.54) is 18.4 Å². The first-order valence-corrected chi connectivity index (χ1v) is 7.05. The van der Waals surface area contributed by atoms with Crippen LogP contribution in [0.25, 0.3) is 0 Å². The van der Waals surface area contributed by atoms with Gasteiger partial charge in [0.2, 0.25) is 0 Å². The molecule has 0 aromatic heterocycles. The Morgan fingerprint density at radius 2 is 2.00 bits per heavy atom. The largest absolute Gasteiger partial charge is 0.493 e. The van der Waals surface area contributed by atoms with Crippen molar-refractivity contribution in [3.8, 4) is 5.75 Å². The van der Waals surface area contributed by atoms with Crippen molar-refractivity contribution in [2.75, 3.05) is 6.61 Å². The summed E-state index contributed by atoms with van der Waals surface area (Å²) in [5.74, 6) is 1.53. The Morgan fingerprint density at radius 1 is 1.32 bits per heavy atom. The molecule has 1 aromatic carbocycles. The summed E-state index contributed by atoms with van der Waals surface area (Å²) in [6, 6.07) is 8.17. The highest BCUT2D eigenvalue weighted by Crippen LogP contribution is 2.15. The van der Waals surface area contributed by atoms with Crippen molar-refractivity contribution >= 4 is 5.71 Å². The molecular weight excluding hydrogens is 238 g/mol. The standard InChI is InChI=1S/C16H25NO2/c1-4-5-13(2)12-19-16-10-8-15(9-11-16)7-6-14(3)17-18/h8-11,13,18H,4-7,12H2,1-3H3. The van der Waals surface area contributed by atoms with Crippen molar-refractivity contribution in [2.24, 2.45) is 11.1 Å². The normalized spacial score (nSPS) is 13.3. The SMILES string of the molecule is CCCC(C)COc1ccc(CCC(C)=NO)cc1. The van der Waals surface area contributed by atoms with Crippen LogP contribution in [0.1, 0.15) is 45.6 Å². The summed E-state index contributed by atoms with van der Waals surface area (Å²) in [4.78, 5) is 0. The van der Waals surface area contributed by atoms with E-state index in [4.69, 9.17) is 9.94 Å². The number of hydrogen-bond donors (Lipinski definition) is 1. The molecule has 0 bridgehead atoms. The lowest BCUT2D eigenvalue weighted by Gasteiger charge is -2.12. The lowest BCUT2D eigenvalue weighted by atomic mass is 10.1. The molecule has 0 heterocycles. The van der Waals surface area contributed by atoms with Gasteiger partial charge in [-0.2, -0.15) is 0 Å². The second kappa shape index (κ2) is 8.57. The molecule has 1 N–H and O–H groups in total. The molecule has 3 nitrogen and oxygen atoms in total. The topological polar surface area (TPSA) is 41.8 Å². The number of benzene rings is 1. The molecule has 1 rings (SSSR count). The Kier molecular flexibility index (Phi) is 7.01. The molecule has 1 unspecified atom stereocenters. The number of ether oxygens (including phenoxy) is 1. The molecule has 1 atom stereocenters. The minimum atomic E-state index is 0.605. The highest BCUT2D eigenvalue weighted by atomic mass is 16.5. The van der Waals surface area contributed by atoms with Crippen LogP contribution in [0.3, 0.4) is 0 Å². The van der Waals surface area contributed by atoms with Gasteiger partial charge in [0.05, 0.1) is 12.3 Å². The van der Waals surface area contributed by atoms with Gasteiger partial charge < -0.3 is 9.94 Å². The van der Waals surface area contributed by atoms with E-state index in [2.05, 4.69) is 31.1 Å². The Hall–Kier alpha value is -1.51. The van der Waals surface area contributed by atoms with Crippen LogP contribution >= 0.6 is 0 Å². The van der Waals surface area contributed by atoms with E-state index in [-0.39, 0.29) is 0 Å². The highest BCUT2D eigenvalue weighted by molar-refractivity contribution is 5.81. The molecule has 0 radical (unpaired) electrons. The Balaban J connectivity index is 2.39. The van der Waals surface area contributed by atoms with E-state index in [1.807, 2.05) is 19.1 Å². The van der Waals surface area contributed by atoms with Crippen LogP contribution in [0.2, 0.25) is 0 Å². The molecule has 0 saturated heterocycles. The summed E-state index contributed by atoms with van der Waals surface area (Å²) < 4.78 is 5.76. The number of oxime groups is 1. The molecule has 0 aliphatic heterocycles. The van der Waals surface area contributed by atoms with E-state index in [1.54, 1.807) is 0 Å². The van der Waals surface area contributed by atoms with Gasteiger partial charge in [0, 0.05) is 0 Å². The molecule has 19 heavy (non-hydrogen) atoms. The zero-order valence-electron chi connectivity index (χ0n) is 12.2. The van der Waals surface area contributed by atoms with Crippen LogP contribution in [0.5, 0.6) is 5.75 Å². The molecule has 0 spiro atoms. The predicted molar refractivity (Wildman–Crippen MR) is 79.2 cm³/mol. The quantitative estimate of drug-likeness (QED) is 0.432. The third kappa shape index (κ3) is 6.27. The summed E-state index contributed by atoms with van der Waals surface area (Å²) in [6.45, 7) is 7.02. The van der Waals surface area contributed by atoms with Gasteiger partial charge in [-0.1, -0.05) is 37.6 Å². The molecule has 3 heteroatoms. The van der Waals surface area contributed by atoms with Gasteiger partial charge in [-0.15, -0.1) is 0 Å². The lowest BCUT2D eigenvalue weighted by molar-refractivity contribution is 0.251. The zero-order chi connectivity index (χ0) is 14.1. The minimum absolute atomic E-state index is 0.605. The zero-order valence-corrected chi connectivity index (χ0v) is 12.2. The molecule has 0 fully saturated rings. The van der Waals surface area contributed by atoms with Gasteiger partial charge in [-0.05, 0) is 49.8 Å². The Labute approximate surface area is 116 Å². The summed E-state index contributed by atoms with van der Waals surface area (Å²) in [5, 5.41) is 11.8. The lowest BCUT2D eigenvalue weighted by Crippen LogP contribution is -2.08. The summed E-state index contributed by atoms with van der Waals surface area (Å²) >= 11 is 0.